The summed E-state index contributed by atoms with van der Waals surface area (Å²) in [7, 11) is 0. The van der Waals surface area contributed by atoms with Crippen molar-refractivity contribution < 1.29 is 14.3 Å². The topological polar surface area (TPSA) is 80.3 Å². The summed E-state index contributed by atoms with van der Waals surface area (Å²) in [5.41, 5.74) is 0.646. The Hall–Kier alpha value is -1.63. The molecule has 0 aromatic carbocycles. The van der Waals surface area contributed by atoms with Gasteiger partial charge in [0.25, 0.3) is 0 Å². The molecule has 1 aromatic heterocycles. The van der Waals surface area contributed by atoms with E-state index in [2.05, 4.69) is 22.5 Å². The molecule has 2 amide bonds. The van der Waals surface area contributed by atoms with E-state index in [0.717, 1.165) is 12.8 Å². The Morgan fingerprint density at radius 3 is 2.86 bits per heavy atom. The van der Waals surface area contributed by atoms with Crippen LogP contribution < -0.4 is 10.6 Å². The number of nitrogens with zero attached hydrogens (tertiary/aromatic N) is 1. The average molecular weight is 313 g/mol. The minimum absolute atomic E-state index is 0.0531. The SMILES string of the molecule is CCCCNC(=O)Cc1csc(NC(=O)OCC(C)C)n1. The van der Waals surface area contributed by atoms with Crippen molar-refractivity contribution in [2.24, 2.45) is 5.92 Å². The number of hydrogen-bond acceptors (Lipinski definition) is 5. The number of hydrogen-bond donors (Lipinski definition) is 2. The van der Waals surface area contributed by atoms with Crippen molar-refractivity contribution in [3.63, 3.8) is 0 Å². The molecule has 0 unspecified atom stereocenters. The first kappa shape index (κ1) is 17.4. The van der Waals surface area contributed by atoms with Gasteiger partial charge in [0, 0.05) is 11.9 Å². The van der Waals surface area contributed by atoms with E-state index in [1.54, 1.807) is 5.38 Å². The van der Waals surface area contributed by atoms with E-state index in [1.165, 1.54) is 11.3 Å². The van der Waals surface area contributed by atoms with Crippen LogP contribution in [-0.4, -0.2) is 30.1 Å². The number of aromatic nitrogens is 1. The monoisotopic (exact) mass is 313 g/mol. The molecule has 0 aliphatic heterocycles. The quantitative estimate of drug-likeness (QED) is 0.723. The highest BCUT2D eigenvalue weighted by atomic mass is 32.1. The summed E-state index contributed by atoms with van der Waals surface area (Å²) in [5, 5.41) is 7.59. The zero-order valence-electron chi connectivity index (χ0n) is 12.8. The summed E-state index contributed by atoms with van der Waals surface area (Å²) in [6, 6.07) is 0. The second-order valence-corrected chi connectivity index (χ2v) is 6.00. The van der Waals surface area contributed by atoms with E-state index in [-0.39, 0.29) is 18.2 Å². The third kappa shape index (κ3) is 7.65. The molecule has 0 bridgehead atoms. The predicted octanol–water partition coefficient (Wildman–Crippen LogP) is 2.81. The van der Waals surface area contributed by atoms with Gasteiger partial charge >= 0.3 is 6.09 Å². The Morgan fingerprint density at radius 2 is 2.19 bits per heavy atom. The van der Waals surface area contributed by atoms with Crippen molar-refractivity contribution in [1.82, 2.24) is 10.3 Å². The number of rotatable bonds is 8. The van der Waals surface area contributed by atoms with Crippen LogP contribution in [0.5, 0.6) is 0 Å². The van der Waals surface area contributed by atoms with Gasteiger partial charge in [-0.15, -0.1) is 11.3 Å². The van der Waals surface area contributed by atoms with Gasteiger partial charge in [0.05, 0.1) is 18.7 Å². The number of carbonyl (C=O) groups excluding carboxylic acids is 2. The molecular formula is C14H23N3O3S. The highest BCUT2D eigenvalue weighted by Crippen LogP contribution is 2.16. The molecular weight excluding hydrogens is 290 g/mol. The zero-order chi connectivity index (χ0) is 15.7. The molecule has 0 atom stereocenters. The number of thiazole rings is 1. The predicted molar refractivity (Wildman–Crippen MR) is 83.5 cm³/mol. The van der Waals surface area contributed by atoms with Crippen molar-refractivity contribution >= 4 is 28.5 Å². The molecule has 0 radical (unpaired) electrons. The van der Waals surface area contributed by atoms with Gasteiger partial charge in [0.15, 0.2) is 5.13 Å². The van der Waals surface area contributed by atoms with Crippen molar-refractivity contribution in [2.45, 2.75) is 40.0 Å². The number of ether oxygens (including phenoxy) is 1. The standard InChI is InChI=1S/C14H23N3O3S/c1-4-5-6-15-12(18)7-11-9-21-13(16-11)17-14(19)20-8-10(2)3/h9-10H,4-8H2,1-3H3,(H,15,18)(H,16,17,19). The average Bonchev–Trinajstić information content (AvgIpc) is 2.84. The van der Waals surface area contributed by atoms with Crippen LogP contribution >= 0.6 is 11.3 Å². The molecule has 2 N–H and O–H groups in total. The van der Waals surface area contributed by atoms with Gasteiger partial charge in [-0.2, -0.15) is 0 Å². The van der Waals surface area contributed by atoms with E-state index in [1.807, 2.05) is 13.8 Å². The number of nitrogens with one attached hydrogen (secondary N) is 2. The Kier molecular flexibility index (Phi) is 7.74. The molecule has 118 valence electrons. The first-order valence-electron chi connectivity index (χ1n) is 7.16. The Morgan fingerprint density at radius 1 is 1.43 bits per heavy atom. The second-order valence-electron chi connectivity index (χ2n) is 5.14. The fourth-order valence-corrected chi connectivity index (χ4v) is 2.14. The maximum atomic E-state index is 11.6. The smallest absolute Gasteiger partial charge is 0.413 e. The van der Waals surface area contributed by atoms with E-state index in [9.17, 15) is 9.59 Å². The van der Waals surface area contributed by atoms with Gasteiger partial charge in [-0.1, -0.05) is 27.2 Å². The lowest BCUT2D eigenvalue weighted by Gasteiger charge is -2.06. The number of unbranched alkanes of at least 4 members (excludes halogenated alkanes) is 1. The molecule has 0 saturated heterocycles. The minimum atomic E-state index is -0.517. The lowest BCUT2D eigenvalue weighted by atomic mass is 10.2. The Balaban J connectivity index is 2.35. The van der Waals surface area contributed by atoms with Gasteiger partial charge in [-0.25, -0.2) is 9.78 Å². The third-order valence-corrected chi connectivity index (χ3v) is 3.31. The summed E-state index contributed by atoms with van der Waals surface area (Å²) in [5.74, 6) is 0.233. The molecule has 0 fully saturated rings. The fraction of sp³-hybridized carbons (Fsp3) is 0.643. The second kappa shape index (κ2) is 9.33. The van der Waals surface area contributed by atoms with Crippen molar-refractivity contribution in [3.05, 3.63) is 11.1 Å². The summed E-state index contributed by atoms with van der Waals surface area (Å²) in [6.45, 7) is 7.05. The van der Waals surface area contributed by atoms with E-state index in [4.69, 9.17) is 4.74 Å². The lowest BCUT2D eigenvalue weighted by molar-refractivity contribution is -0.120. The van der Waals surface area contributed by atoms with Crippen LogP contribution in [0.3, 0.4) is 0 Å². The molecule has 7 heteroatoms. The molecule has 1 aromatic rings. The van der Waals surface area contributed by atoms with Gasteiger partial charge in [-0.05, 0) is 12.3 Å². The van der Waals surface area contributed by atoms with Crippen LogP contribution in [0.25, 0.3) is 0 Å². The van der Waals surface area contributed by atoms with Crippen LogP contribution in [0.4, 0.5) is 9.93 Å². The highest BCUT2D eigenvalue weighted by molar-refractivity contribution is 7.13. The van der Waals surface area contributed by atoms with Crippen molar-refractivity contribution in [3.8, 4) is 0 Å². The normalized spacial score (nSPS) is 10.5. The number of carbonyl (C=O) groups is 2. The molecule has 0 aliphatic rings. The summed E-state index contributed by atoms with van der Waals surface area (Å²) in [4.78, 5) is 27.3. The Labute approximate surface area is 129 Å². The highest BCUT2D eigenvalue weighted by Gasteiger charge is 2.10. The van der Waals surface area contributed by atoms with E-state index < -0.39 is 6.09 Å². The molecule has 21 heavy (non-hydrogen) atoms. The van der Waals surface area contributed by atoms with E-state index >= 15 is 0 Å². The lowest BCUT2D eigenvalue weighted by Crippen LogP contribution is -2.26. The van der Waals surface area contributed by atoms with Crippen molar-refractivity contribution in [2.75, 3.05) is 18.5 Å². The summed E-state index contributed by atoms with van der Waals surface area (Å²) < 4.78 is 5.00. The van der Waals surface area contributed by atoms with Crippen molar-refractivity contribution in [1.29, 1.82) is 0 Å². The molecule has 1 rings (SSSR count). The van der Waals surface area contributed by atoms with Crippen LogP contribution in [0.2, 0.25) is 0 Å². The molecule has 0 spiro atoms. The first-order valence-corrected chi connectivity index (χ1v) is 8.04. The van der Waals surface area contributed by atoms with Crippen LogP contribution in [0, 0.1) is 5.92 Å². The number of amides is 2. The van der Waals surface area contributed by atoms with Crippen LogP contribution in [-0.2, 0) is 16.0 Å². The fourth-order valence-electron chi connectivity index (χ4n) is 1.44. The Bertz CT molecular complexity index is 460. The zero-order valence-corrected chi connectivity index (χ0v) is 13.6. The molecule has 1 heterocycles. The molecule has 0 saturated carbocycles. The largest absolute Gasteiger partial charge is 0.449 e. The first-order chi connectivity index (χ1) is 10.0. The van der Waals surface area contributed by atoms with Gasteiger partial charge in [-0.3, -0.25) is 10.1 Å². The van der Waals surface area contributed by atoms with Crippen LogP contribution in [0.1, 0.15) is 39.3 Å². The van der Waals surface area contributed by atoms with E-state index in [0.29, 0.717) is 24.0 Å². The maximum Gasteiger partial charge on any atom is 0.413 e. The van der Waals surface area contributed by atoms with Crippen LogP contribution in [0.15, 0.2) is 5.38 Å². The summed E-state index contributed by atoms with van der Waals surface area (Å²) >= 11 is 1.28. The van der Waals surface area contributed by atoms with Gasteiger partial charge < -0.3 is 10.1 Å². The third-order valence-electron chi connectivity index (χ3n) is 2.50. The summed E-state index contributed by atoms with van der Waals surface area (Å²) in [6.07, 6.45) is 1.72. The molecule has 0 aliphatic carbocycles. The van der Waals surface area contributed by atoms with Gasteiger partial charge in [0.2, 0.25) is 5.91 Å². The molecule has 6 nitrogen and oxygen atoms in total. The number of anilines is 1. The van der Waals surface area contributed by atoms with Gasteiger partial charge in [0.1, 0.15) is 0 Å². The maximum absolute atomic E-state index is 11.6. The minimum Gasteiger partial charge on any atom is -0.449 e.